The van der Waals surface area contributed by atoms with Crippen LogP contribution in [0.2, 0.25) is 101 Å². The van der Waals surface area contributed by atoms with E-state index >= 15 is 0 Å². The normalized spacial score (nSPS) is 20.7. The molecule has 0 amide bonds. The predicted molar refractivity (Wildman–Crippen MR) is 195 cm³/mol. The van der Waals surface area contributed by atoms with Crippen LogP contribution in [0.3, 0.4) is 0 Å². The first kappa shape index (κ1) is 50.4. The fourth-order valence-electron chi connectivity index (χ4n) is 7.17. The summed E-state index contributed by atoms with van der Waals surface area (Å²) in [5, 5.41) is 0. The average molecular weight is 900 g/mol. The van der Waals surface area contributed by atoms with Crippen molar-refractivity contribution in [2.45, 2.75) is 203 Å². The molecule has 2 radical (unpaired) electrons. The Balaban J connectivity index is -0.000000209. The summed E-state index contributed by atoms with van der Waals surface area (Å²) in [5.74, 6) is 0. The summed E-state index contributed by atoms with van der Waals surface area (Å²) in [6.07, 6.45) is 24.4. The van der Waals surface area contributed by atoms with Gasteiger partial charge in [-0.15, -0.1) is 0 Å². The monoisotopic (exact) mass is 902 g/mol. The van der Waals surface area contributed by atoms with Crippen LogP contribution in [0.4, 0.5) is 0 Å². The van der Waals surface area contributed by atoms with Gasteiger partial charge < -0.3 is 14.9 Å². The molecule has 4 fully saturated rings. The zero-order valence-electron chi connectivity index (χ0n) is 30.4. The number of rotatable bonds is 4. The van der Waals surface area contributed by atoms with E-state index in [1.54, 1.807) is 0 Å². The Kier molecular flexibility index (Phi) is 30.0. The van der Waals surface area contributed by atoms with Gasteiger partial charge in [0.25, 0.3) is 0 Å². The summed E-state index contributed by atoms with van der Waals surface area (Å²) < 4.78 is 0. The third kappa shape index (κ3) is 22.1. The largest absolute Gasteiger partial charge is 3.00 e. The zero-order chi connectivity index (χ0) is 27.6. The van der Waals surface area contributed by atoms with Crippen LogP contribution in [0.25, 0.3) is 0 Å². The zero-order valence-corrected chi connectivity index (χ0v) is 39.7. The van der Waals surface area contributed by atoms with Crippen molar-refractivity contribution in [3.8, 4) is 0 Å². The van der Waals surface area contributed by atoms with Crippen LogP contribution in [-0.2, 0) is 0 Å². The topological polar surface area (TPSA) is 0 Å². The van der Waals surface area contributed by atoms with Crippen molar-refractivity contribution in [3.05, 3.63) is 14.9 Å². The summed E-state index contributed by atoms with van der Waals surface area (Å²) in [6, 6.07) is 0. The molecule has 0 unspecified atom stereocenters. The maximum atomic E-state index is 2.50. The maximum Gasteiger partial charge on any atom is 3.00 e. The van der Waals surface area contributed by atoms with Crippen molar-refractivity contribution in [2.24, 2.45) is 0 Å². The minimum Gasteiger partial charge on any atom is -0.358 e. The van der Waals surface area contributed by atoms with E-state index in [2.05, 4.69) is 78.6 Å². The van der Waals surface area contributed by atoms with E-state index in [1.165, 1.54) is 103 Å². The molecule has 0 heterocycles. The molecule has 40 heavy (non-hydrogen) atoms. The van der Waals surface area contributed by atoms with Gasteiger partial charge in [0, 0.05) is 32.3 Å². The van der Waals surface area contributed by atoms with Crippen LogP contribution in [0, 0.1) is 95.6 Å². The predicted octanol–water partition coefficient (Wildman–Crippen LogP) is 14.0. The molecule has 0 N–H and O–H groups in total. The Morgan fingerprint density at radius 3 is 0.425 bits per heavy atom. The van der Waals surface area contributed by atoms with E-state index in [0.717, 1.165) is 22.2 Å². The van der Waals surface area contributed by atoms with Crippen molar-refractivity contribution in [1.29, 1.82) is 0 Å². The molecule has 4 aliphatic carbocycles. The summed E-state index contributed by atoms with van der Waals surface area (Å²) in [4.78, 5) is 0. The second-order valence-corrected chi connectivity index (χ2v) is 39.6. The first-order valence-corrected chi connectivity index (χ1v) is 30.7. The maximum absolute atomic E-state index is 2.50. The second kappa shape index (κ2) is 23.8. The molecule has 0 saturated heterocycles. The first-order chi connectivity index (χ1) is 16.4. The van der Waals surface area contributed by atoms with Crippen LogP contribution in [-0.4, -0.2) is 32.3 Å². The summed E-state index contributed by atoms with van der Waals surface area (Å²) in [6.45, 7) is 30.0. The third-order valence-electron chi connectivity index (χ3n) is 10.3. The van der Waals surface area contributed by atoms with Gasteiger partial charge in [0.05, 0.1) is 0 Å². The molecule has 0 aliphatic heterocycles. The molecular weight excluding hydrogens is 821 g/mol. The number of hydrogen-bond acceptors (Lipinski definition) is 0. The Hall–Kier alpha value is 3.54. The third-order valence-corrected chi connectivity index (χ3v) is 22.4. The molecule has 4 rings (SSSR count). The quantitative estimate of drug-likeness (QED) is 0.195. The van der Waals surface area contributed by atoms with Crippen molar-refractivity contribution < 1.29 is 80.8 Å². The van der Waals surface area contributed by atoms with E-state index in [0.29, 0.717) is 0 Å². The molecule has 6 heteroatoms. The van der Waals surface area contributed by atoms with Crippen LogP contribution < -0.4 is 0 Å². The minimum atomic E-state index is -0.724. The summed E-state index contributed by atoms with van der Waals surface area (Å²) in [5.41, 5.74) is 4.60. The molecule has 0 aromatic rings. The molecule has 238 valence electrons. The summed E-state index contributed by atoms with van der Waals surface area (Å²) in [7, 11) is -2.90. The Bertz CT molecular complexity index is 457. The van der Waals surface area contributed by atoms with Gasteiger partial charge in [-0.3, -0.25) is 0 Å². The van der Waals surface area contributed by atoms with Gasteiger partial charge in [0.2, 0.25) is 0 Å². The molecule has 0 atom stereocenters. The van der Waals surface area contributed by atoms with Gasteiger partial charge in [-0.2, -0.15) is 0 Å². The molecule has 4 saturated carbocycles. The molecule has 0 bridgehead atoms. The van der Waals surface area contributed by atoms with E-state index in [1.807, 2.05) is 0 Å². The Labute approximate surface area is 327 Å². The van der Waals surface area contributed by atoms with Gasteiger partial charge in [0.15, 0.2) is 0 Å². The van der Waals surface area contributed by atoms with E-state index < -0.39 is 32.3 Å². The fraction of sp³-hybridized carbons (Fsp3) is 0.941. The first-order valence-electron chi connectivity index (χ1n) is 16.4. The Morgan fingerprint density at radius 1 is 0.275 bits per heavy atom. The van der Waals surface area contributed by atoms with Gasteiger partial charge in [0.1, 0.15) is 0 Å². The molecule has 0 aromatic heterocycles. The smallest absolute Gasteiger partial charge is 0.358 e. The van der Waals surface area contributed by atoms with Gasteiger partial charge >= 0.3 is 80.8 Å². The van der Waals surface area contributed by atoms with Crippen LogP contribution in [0.15, 0.2) is 0 Å². The van der Waals surface area contributed by atoms with Crippen molar-refractivity contribution in [3.63, 3.8) is 0 Å². The van der Waals surface area contributed by atoms with E-state index in [-0.39, 0.29) is 95.6 Å². The molecule has 4 aliphatic rings. The van der Waals surface area contributed by atoms with Crippen molar-refractivity contribution in [2.75, 3.05) is 0 Å². The fourth-order valence-corrected chi connectivity index (χ4v) is 15.7. The van der Waals surface area contributed by atoms with Crippen LogP contribution in [0.1, 0.15) is 103 Å². The van der Waals surface area contributed by atoms with E-state index in [4.69, 9.17) is 0 Å². The molecular formula is C34H78Si4Sm2+4. The minimum absolute atomic E-state index is 0. The van der Waals surface area contributed by atoms with Crippen LogP contribution in [0.5, 0.6) is 0 Å². The van der Waals surface area contributed by atoms with E-state index in [9.17, 15) is 0 Å². The Morgan fingerprint density at radius 2 is 0.375 bits per heavy atom. The van der Waals surface area contributed by atoms with Crippen molar-refractivity contribution >= 4 is 32.3 Å². The van der Waals surface area contributed by atoms with Gasteiger partial charge in [-0.05, 0) is 22.2 Å². The standard InChI is InChI=1S/4C8H18Si.2CH3.2Sm/c4*1-9(2,3)8-6-4-5-7-8;;;;/h4*8H,4-7H2,1-3H3;2*1H3;;/q;;;;2*-1;2*+3. The summed E-state index contributed by atoms with van der Waals surface area (Å²) >= 11 is 0. The van der Waals surface area contributed by atoms with Crippen molar-refractivity contribution in [1.82, 2.24) is 0 Å². The van der Waals surface area contributed by atoms with Crippen LogP contribution >= 0.6 is 0 Å². The molecule has 0 nitrogen and oxygen atoms in total. The molecule has 0 aromatic carbocycles. The SMILES string of the molecule is C[Si](C)(C)C1CCCC1.C[Si](C)(C)C1CCCC1.C[Si](C)(C)C1CCCC1.C[Si](C)(C)C1CCCC1.[CH3-].[CH3-].[Sm+3].[Sm+3]. The number of hydrogen-bond donors (Lipinski definition) is 0. The average Bonchev–Trinajstić information content (AvgIpc) is 3.57. The van der Waals surface area contributed by atoms with Gasteiger partial charge in [-0.25, -0.2) is 0 Å². The van der Waals surface area contributed by atoms with Gasteiger partial charge in [-0.1, -0.05) is 181 Å². The molecule has 0 spiro atoms. The second-order valence-electron chi connectivity index (χ2n) is 17.4.